The van der Waals surface area contributed by atoms with Crippen molar-refractivity contribution in [3.05, 3.63) is 52.5 Å². The summed E-state index contributed by atoms with van der Waals surface area (Å²) in [7, 11) is 0. The van der Waals surface area contributed by atoms with Gasteiger partial charge in [-0.3, -0.25) is 0 Å². The number of anilines is 1. The molecule has 2 heterocycles. The average Bonchev–Trinajstić information content (AvgIpc) is 2.62. The number of hydrogen-bond donors (Lipinski definition) is 1. The van der Waals surface area contributed by atoms with Crippen LogP contribution in [0.1, 0.15) is 12.8 Å². The van der Waals surface area contributed by atoms with Crippen molar-refractivity contribution >= 4 is 52.5 Å². The van der Waals surface area contributed by atoms with Crippen molar-refractivity contribution in [1.82, 2.24) is 9.97 Å². The predicted octanol–water partition coefficient (Wildman–Crippen LogP) is 4.99. The van der Waals surface area contributed by atoms with Crippen LogP contribution in [0, 0.1) is 0 Å². The Balaban J connectivity index is 0.00000196. The lowest BCUT2D eigenvalue weighted by atomic mass is 10.1. The minimum atomic E-state index is -0.237. The molecule has 0 atom stereocenters. The Morgan fingerprint density at radius 3 is 2.46 bits per heavy atom. The van der Waals surface area contributed by atoms with Gasteiger partial charge in [-0.2, -0.15) is 0 Å². The maximum absolute atomic E-state index is 9.75. The number of piperidine rings is 1. The molecule has 1 saturated heterocycles. The summed E-state index contributed by atoms with van der Waals surface area (Å²) < 4.78 is 0. The Morgan fingerprint density at radius 2 is 1.73 bits per heavy atom. The molecular weight excluding hydrogens is 393 g/mol. The monoisotopic (exact) mass is 409 g/mol. The van der Waals surface area contributed by atoms with Gasteiger partial charge in [0.1, 0.15) is 0 Å². The van der Waals surface area contributed by atoms with Gasteiger partial charge in [0.2, 0.25) is 5.95 Å². The maximum Gasteiger partial charge on any atom is 0.226 e. The number of hydrogen-bond acceptors (Lipinski definition) is 4. The Hall–Kier alpha value is -1.59. The van der Waals surface area contributed by atoms with E-state index in [0.717, 1.165) is 48.1 Å². The smallest absolute Gasteiger partial charge is 0.226 e. The van der Waals surface area contributed by atoms with Crippen molar-refractivity contribution in [2.45, 2.75) is 18.9 Å². The van der Waals surface area contributed by atoms with E-state index in [4.69, 9.17) is 33.2 Å². The van der Waals surface area contributed by atoms with E-state index in [-0.39, 0.29) is 18.5 Å². The summed E-state index contributed by atoms with van der Waals surface area (Å²) >= 11 is 12.6. The highest BCUT2D eigenvalue weighted by atomic mass is 35.5. The average molecular weight is 411 g/mol. The van der Waals surface area contributed by atoms with Crippen LogP contribution in [0.25, 0.3) is 22.2 Å². The quantitative estimate of drug-likeness (QED) is 0.647. The second-order valence-electron chi connectivity index (χ2n) is 6.23. The van der Waals surface area contributed by atoms with Gasteiger partial charge in [-0.15, -0.1) is 12.4 Å². The normalized spacial score (nSPS) is 15.1. The second kappa shape index (κ2) is 7.97. The maximum atomic E-state index is 9.75. The number of fused-ring (bicyclic) bond motifs is 1. The molecule has 1 fully saturated rings. The van der Waals surface area contributed by atoms with Gasteiger partial charge in [-0.05, 0) is 37.1 Å². The van der Waals surface area contributed by atoms with Crippen molar-refractivity contribution in [1.29, 1.82) is 0 Å². The van der Waals surface area contributed by atoms with Crippen molar-refractivity contribution in [2.24, 2.45) is 0 Å². The van der Waals surface area contributed by atoms with Crippen LogP contribution in [-0.4, -0.2) is 34.3 Å². The van der Waals surface area contributed by atoms with Crippen LogP contribution in [0.15, 0.2) is 42.5 Å². The Morgan fingerprint density at radius 1 is 1.00 bits per heavy atom. The molecule has 26 heavy (non-hydrogen) atoms. The summed E-state index contributed by atoms with van der Waals surface area (Å²) in [5.41, 5.74) is 2.46. The lowest BCUT2D eigenvalue weighted by Gasteiger charge is -2.30. The van der Waals surface area contributed by atoms with Gasteiger partial charge in [0.05, 0.1) is 17.3 Å². The van der Waals surface area contributed by atoms with E-state index in [2.05, 4.69) is 4.90 Å². The molecule has 1 aliphatic heterocycles. The van der Waals surface area contributed by atoms with Crippen LogP contribution < -0.4 is 4.90 Å². The molecule has 0 unspecified atom stereocenters. The standard InChI is InChI=1S/C19H17Cl2N3O.ClH/c20-12-5-6-17-15(11-12)18(14-3-1-2-4-16(14)21)23-19(22-17)24-9-7-13(25)8-10-24;/h1-6,11,13,25H,7-10H2;1H. The highest BCUT2D eigenvalue weighted by Crippen LogP contribution is 2.34. The lowest BCUT2D eigenvalue weighted by Crippen LogP contribution is -2.36. The molecule has 1 N–H and O–H groups in total. The zero-order valence-electron chi connectivity index (χ0n) is 13.9. The molecule has 1 aliphatic rings. The first-order valence-corrected chi connectivity index (χ1v) is 9.02. The molecule has 0 bridgehead atoms. The molecule has 0 radical (unpaired) electrons. The van der Waals surface area contributed by atoms with E-state index in [1.807, 2.05) is 42.5 Å². The fourth-order valence-electron chi connectivity index (χ4n) is 3.15. The number of nitrogens with zero attached hydrogens (tertiary/aromatic N) is 3. The third-order valence-corrected chi connectivity index (χ3v) is 5.09. The van der Waals surface area contributed by atoms with E-state index in [0.29, 0.717) is 16.0 Å². The molecule has 2 aromatic carbocycles. The van der Waals surface area contributed by atoms with Crippen molar-refractivity contribution in [3.63, 3.8) is 0 Å². The van der Waals surface area contributed by atoms with Gasteiger partial charge in [0, 0.05) is 34.1 Å². The lowest BCUT2D eigenvalue weighted by molar-refractivity contribution is 0.145. The SMILES string of the molecule is Cl.OC1CCN(c2nc(-c3ccccc3Cl)c3cc(Cl)ccc3n2)CC1. The van der Waals surface area contributed by atoms with Gasteiger partial charge < -0.3 is 10.0 Å². The highest BCUT2D eigenvalue weighted by Gasteiger charge is 2.21. The Bertz CT molecular complexity index is 927. The van der Waals surface area contributed by atoms with Crippen LogP contribution in [0.4, 0.5) is 5.95 Å². The summed E-state index contributed by atoms with van der Waals surface area (Å²) in [6.07, 6.45) is 1.21. The van der Waals surface area contributed by atoms with Crippen LogP contribution >= 0.6 is 35.6 Å². The summed E-state index contributed by atoms with van der Waals surface area (Å²) in [6.45, 7) is 1.48. The summed E-state index contributed by atoms with van der Waals surface area (Å²) in [5, 5.41) is 11.9. The first-order chi connectivity index (χ1) is 12.1. The number of aliphatic hydroxyl groups is 1. The van der Waals surface area contributed by atoms with Gasteiger partial charge in [-0.25, -0.2) is 9.97 Å². The third kappa shape index (κ3) is 3.74. The Labute approximate surface area is 168 Å². The summed E-state index contributed by atoms with van der Waals surface area (Å²) in [4.78, 5) is 11.6. The van der Waals surface area contributed by atoms with Crippen molar-refractivity contribution < 1.29 is 5.11 Å². The number of halogens is 3. The van der Waals surface area contributed by atoms with E-state index < -0.39 is 0 Å². The number of benzene rings is 2. The molecule has 3 aromatic rings. The third-order valence-electron chi connectivity index (χ3n) is 4.52. The topological polar surface area (TPSA) is 49.2 Å². The number of aromatic nitrogens is 2. The van der Waals surface area contributed by atoms with E-state index in [9.17, 15) is 5.11 Å². The van der Waals surface area contributed by atoms with Gasteiger partial charge in [0.15, 0.2) is 0 Å². The van der Waals surface area contributed by atoms with Crippen molar-refractivity contribution in [2.75, 3.05) is 18.0 Å². The van der Waals surface area contributed by atoms with Crippen LogP contribution in [0.2, 0.25) is 10.0 Å². The molecule has 0 aliphatic carbocycles. The molecular formula is C19H18Cl3N3O. The zero-order chi connectivity index (χ0) is 17.4. The van der Waals surface area contributed by atoms with Crippen LogP contribution in [0.3, 0.4) is 0 Å². The second-order valence-corrected chi connectivity index (χ2v) is 7.08. The molecule has 1 aromatic heterocycles. The number of rotatable bonds is 2. The largest absolute Gasteiger partial charge is 0.393 e. The van der Waals surface area contributed by atoms with Gasteiger partial charge in [-0.1, -0.05) is 41.4 Å². The molecule has 0 amide bonds. The predicted molar refractivity (Wildman–Crippen MR) is 110 cm³/mol. The van der Waals surface area contributed by atoms with Gasteiger partial charge in [0.25, 0.3) is 0 Å². The zero-order valence-corrected chi connectivity index (χ0v) is 16.2. The summed E-state index contributed by atoms with van der Waals surface area (Å²) in [5.74, 6) is 0.664. The van der Waals surface area contributed by atoms with E-state index in [1.54, 1.807) is 0 Å². The van der Waals surface area contributed by atoms with Crippen LogP contribution in [0.5, 0.6) is 0 Å². The minimum Gasteiger partial charge on any atom is -0.393 e. The fraction of sp³-hybridized carbons (Fsp3) is 0.263. The highest BCUT2D eigenvalue weighted by molar-refractivity contribution is 6.34. The van der Waals surface area contributed by atoms with Gasteiger partial charge >= 0.3 is 0 Å². The minimum absolute atomic E-state index is 0. The van der Waals surface area contributed by atoms with E-state index >= 15 is 0 Å². The molecule has 0 saturated carbocycles. The molecule has 0 spiro atoms. The molecule has 4 nitrogen and oxygen atoms in total. The first-order valence-electron chi connectivity index (χ1n) is 8.27. The first kappa shape index (κ1) is 19.2. The number of aliphatic hydroxyl groups excluding tert-OH is 1. The molecule has 4 rings (SSSR count). The van der Waals surface area contributed by atoms with Crippen molar-refractivity contribution in [3.8, 4) is 11.3 Å². The Kier molecular flexibility index (Phi) is 5.88. The molecule has 7 heteroatoms. The van der Waals surface area contributed by atoms with Crippen LogP contribution in [-0.2, 0) is 0 Å². The molecule has 136 valence electrons. The van der Waals surface area contributed by atoms with E-state index in [1.165, 1.54) is 0 Å². The summed E-state index contributed by atoms with van der Waals surface area (Å²) in [6, 6.07) is 13.3. The fourth-order valence-corrected chi connectivity index (χ4v) is 3.55.